The molecule has 1 N–H and O–H groups in total. The first-order valence-electron chi connectivity index (χ1n) is 10.6. The Morgan fingerprint density at radius 2 is 1.73 bits per heavy atom. The normalized spacial score (nSPS) is 11.8. The number of halogens is 1. The zero-order valence-electron chi connectivity index (χ0n) is 18.8. The summed E-state index contributed by atoms with van der Waals surface area (Å²) in [5.41, 5.74) is 3.56. The molecule has 174 valence electrons. The first kappa shape index (κ1) is 24.6. The molecule has 2 aromatic carbocycles. The van der Waals surface area contributed by atoms with Crippen LogP contribution in [0.3, 0.4) is 0 Å². The van der Waals surface area contributed by atoms with E-state index in [1.807, 2.05) is 6.20 Å². The number of nitrogens with one attached hydrogen (secondary N) is 1. The lowest BCUT2D eigenvalue weighted by atomic mass is 10.1. The van der Waals surface area contributed by atoms with Crippen molar-refractivity contribution >= 4 is 25.3 Å². The number of nitrogens with zero attached hydrogens (tertiary/aromatic N) is 2. The molecule has 0 aliphatic rings. The maximum atomic E-state index is 13.2. The average molecular weight is 471 g/mol. The molecule has 7 nitrogen and oxygen atoms in total. The summed E-state index contributed by atoms with van der Waals surface area (Å²) in [7, 11) is -1.41. The average Bonchev–Trinajstić information content (AvgIpc) is 3.15. The number of carbonyl (C=O) groups excluding carboxylic acids is 1. The van der Waals surface area contributed by atoms with Crippen molar-refractivity contribution in [2.45, 2.75) is 20.0 Å². The number of anilines is 1. The van der Waals surface area contributed by atoms with Crippen molar-refractivity contribution in [1.82, 2.24) is 9.78 Å². The first-order valence-corrected chi connectivity index (χ1v) is 12.3. The Morgan fingerprint density at radius 3 is 2.33 bits per heavy atom. The predicted molar refractivity (Wildman–Crippen MR) is 127 cm³/mol. The van der Waals surface area contributed by atoms with E-state index in [4.69, 9.17) is 9.05 Å². The minimum absolute atomic E-state index is 0.161. The van der Waals surface area contributed by atoms with Crippen LogP contribution in [0.15, 0.2) is 60.8 Å². The standard InChI is InChI=1S/C24H27FN3O4P/c1-4-31-33(30,32-5-2)17-18-6-12-21(13-7-18)26-24(29)15-14-23-22(16-28(3)27-23)19-8-10-20(25)11-9-19/h6-16H,4-5,17H2,1-3H3,(H,26,29)/b15-14+. The van der Waals surface area contributed by atoms with Crippen molar-refractivity contribution in [3.63, 3.8) is 0 Å². The smallest absolute Gasteiger partial charge is 0.323 e. The Balaban J connectivity index is 1.66. The van der Waals surface area contributed by atoms with Gasteiger partial charge in [0, 0.05) is 30.6 Å². The Labute approximate surface area is 192 Å². The van der Waals surface area contributed by atoms with Crippen LogP contribution in [-0.4, -0.2) is 28.9 Å². The van der Waals surface area contributed by atoms with Gasteiger partial charge in [0.2, 0.25) is 5.91 Å². The number of amides is 1. The molecule has 0 spiro atoms. The van der Waals surface area contributed by atoms with Gasteiger partial charge in [-0.1, -0.05) is 24.3 Å². The highest BCUT2D eigenvalue weighted by Crippen LogP contribution is 2.51. The molecule has 0 aliphatic carbocycles. The Morgan fingerprint density at radius 1 is 1.09 bits per heavy atom. The van der Waals surface area contributed by atoms with Crippen LogP contribution in [0.1, 0.15) is 25.1 Å². The van der Waals surface area contributed by atoms with Gasteiger partial charge in [-0.3, -0.25) is 14.0 Å². The van der Waals surface area contributed by atoms with E-state index in [1.165, 1.54) is 18.2 Å². The van der Waals surface area contributed by atoms with Crippen molar-refractivity contribution in [3.8, 4) is 11.1 Å². The summed E-state index contributed by atoms with van der Waals surface area (Å²) in [5, 5.41) is 7.15. The molecule has 9 heteroatoms. The second-order valence-electron chi connectivity index (χ2n) is 7.23. The molecular weight excluding hydrogens is 444 g/mol. The molecule has 0 fully saturated rings. The quantitative estimate of drug-likeness (QED) is 0.306. The van der Waals surface area contributed by atoms with Gasteiger partial charge in [0.15, 0.2) is 0 Å². The summed E-state index contributed by atoms with van der Waals surface area (Å²) < 4.78 is 38.2. The Hall–Kier alpha value is -3.06. The van der Waals surface area contributed by atoms with Gasteiger partial charge in [0.05, 0.1) is 25.1 Å². The summed E-state index contributed by atoms with van der Waals surface area (Å²) in [5.74, 6) is -0.642. The second-order valence-corrected chi connectivity index (χ2v) is 9.29. The van der Waals surface area contributed by atoms with E-state index in [1.54, 1.807) is 68.1 Å². The van der Waals surface area contributed by atoms with Gasteiger partial charge in [0.1, 0.15) is 5.82 Å². The van der Waals surface area contributed by atoms with Crippen LogP contribution >= 0.6 is 7.60 Å². The molecule has 0 saturated heterocycles. The van der Waals surface area contributed by atoms with Crippen LogP contribution in [0.2, 0.25) is 0 Å². The maximum Gasteiger partial charge on any atom is 0.335 e. The van der Waals surface area contributed by atoms with Crippen molar-refractivity contribution < 1.29 is 22.8 Å². The minimum Gasteiger partial charge on any atom is -0.323 e. The van der Waals surface area contributed by atoms with E-state index >= 15 is 0 Å². The summed E-state index contributed by atoms with van der Waals surface area (Å²) in [6, 6.07) is 13.1. The molecule has 3 aromatic rings. The predicted octanol–water partition coefficient (Wildman–Crippen LogP) is 5.64. The fourth-order valence-electron chi connectivity index (χ4n) is 3.26. The zero-order chi connectivity index (χ0) is 23.8. The van der Waals surface area contributed by atoms with E-state index in [0.29, 0.717) is 24.6 Å². The molecule has 0 saturated carbocycles. The molecule has 0 unspecified atom stereocenters. The van der Waals surface area contributed by atoms with Gasteiger partial charge < -0.3 is 14.4 Å². The highest BCUT2D eigenvalue weighted by Gasteiger charge is 2.23. The SMILES string of the molecule is CCOP(=O)(Cc1ccc(NC(=O)/C=C/c2nn(C)cc2-c2ccc(F)cc2)cc1)OCC. The highest BCUT2D eigenvalue weighted by atomic mass is 31.2. The molecular formula is C24H27FN3O4P. The fourth-order valence-corrected chi connectivity index (χ4v) is 4.96. The molecule has 1 amide bonds. The number of rotatable bonds is 10. The van der Waals surface area contributed by atoms with Gasteiger partial charge in [-0.05, 0) is 55.3 Å². The highest BCUT2D eigenvalue weighted by molar-refractivity contribution is 7.53. The number of aromatic nitrogens is 2. The molecule has 3 rings (SSSR count). The van der Waals surface area contributed by atoms with Gasteiger partial charge >= 0.3 is 7.60 Å². The van der Waals surface area contributed by atoms with Crippen LogP contribution < -0.4 is 5.32 Å². The summed E-state index contributed by atoms with van der Waals surface area (Å²) in [6.45, 7) is 4.14. The Bertz CT molecular complexity index is 1150. The molecule has 0 aliphatic heterocycles. The fraction of sp³-hybridized carbons (Fsp3) is 0.250. The number of benzene rings is 2. The third-order valence-electron chi connectivity index (χ3n) is 4.65. The monoisotopic (exact) mass is 471 g/mol. The molecule has 1 aromatic heterocycles. The van der Waals surface area contributed by atoms with Gasteiger partial charge in [-0.15, -0.1) is 0 Å². The molecule has 0 radical (unpaired) electrons. The largest absolute Gasteiger partial charge is 0.335 e. The number of aryl methyl sites for hydroxylation is 1. The van der Waals surface area contributed by atoms with E-state index in [0.717, 1.165) is 16.7 Å². The molecule has 0 bridgehead atoms. The van der Waals surface area contributed by atoms with Crippen LogP contribution in [0.5, 0.6) is 0 Å². The van der Waals surface area contributed by atoms with Crippen molar-refractivity contribution in [3.05, 3.63) is 77.9 Å². The van der Waals surface area contributed by atoms with Crippen molar-refractivity contribution in [1.29, 1.82) is 0 Å². The van der Waals surface area contributed by atoms with Gasteiger partial charge in [-0.25, -0.2) is 4.39 Å². The lowest BCUT2D eigenvalue weighted by Crippen LogP contribution is -2.07. The van der Waals surface area contributed by atoms with Crippen LogP contribution in [0.25, 0.3) is 17.2 Å². The third kappa shape index (κ3) is 6.96. The minimum atomic E-state index is -3.19. The van der Waals surface area contributed by atoms with E-state index in [-0.39, 0.29) is 17.9 Å². The topological polar surface area (TPSA) is 82.5 Å². The maximum absolute atomic E-state index is 13.2. The summed E-state index contributed by atoms with van der Waals surface area (Å²) in [6.07, 6.45) is 4.98. The van der Waals surface area contributed by atoms with Crippen LogP contribution in [0.4, 0.5) is 10.1 Å². The lowest BCUT2D eigenvalue weighted by molar-refractivity contribution is -0.111. The van der Waals surface area contributed by atoms with Gasteiger partial charge in [0.25, 0.3) is 0 Å². The van der Waals surface area contributed by atoms with Crippen molar-refractivity contribution in [2.75, 3.05) is 18.5 Å². The van der Waals surface area contributed by atoms with E-state index in [9.17, 15) is 13.8 Å². The van der Waals surface area contributed by atoms with Crippen LogP contribution in [-0.2, 0) is 31.6 Å². The van der Waals surface area contributed by atoms with Crippen LogP contribution in [0, 0.1) is 5.82 Å². The third-order valence-corrected chi connectivity index (χ3v) is 6.71. The summed E-state index contributed by atoms with van der Waals surface area (Å²) >= 11 is 0. The number of hydrogen-bond acceptors (Lipinski definition) is 5. The molecule has 1 heterocycles. The van der Waals surface area contributed by atoms with Crippen molar-refractivity contribution in [2.24, 2.45) is 7.05 Å². The first-order chi connectivity index (χ1) is 15.8. The summed E-state index contributed by atoms with van der Waals surface area (Å²) in [4.78, 5) is 12.4. The van der Waals surface area contributed by atoms with Gasteiger partial charge in [-0.2, -0.15) is 5.10 Å². The number of carbonyl (C=O) groups is 1. The second kappa shape index (κ2) is 11.2. The molecule has 33 heavy (non-hydrogen) atoms. The number of hydrogen-bond donors (Lipinski definition) is 1. The van der Waals surface area contributed by atoms with E-state index < -0.39 is 7.60 Å². The van der Waals surface area contributed by atoms with E-state index in [2.05, 4.69) is 10.4 Å². The Kier molecular flexibility index (Phi) is 8.33. The zero-order valence-corrected chi connectivity index (χ0v) is 19.7. The molecule has 0 atom stereocenters. The lowest BCUT2D eigenvalue weighted by Gasteiger charge is -2.17.